The number of aryl methyl sites for hydroxylation is 1. The molecule has 1 aromatic rings. The average Bonchev–Trinajstić information content (AvgIpc) is 2.51. The molecule has 2 N–H and O–H groups in total. The van der Waals surface area contributed by atoms with Crippen molar-refractivity contribution < 1.29 is 4.74 Å². The number of hydrogen-bond acceptors (Lipinski definition) is 2. The van der Waals surface area contributed by atoms with E-state index < -0.39 is 7.26 Å². The van der Waals surface area contributed by atoms with Gasteiger partial charge in [-0.3, -0.25) is 0 Å². The highest BCUT2D eigenvalue weighted by Gasteiger charge is 2.36. The van der Waals surface area contributed by atoms with Gasteiger partial charge in [-0.15, -0.1) is 0 Å². The predicted octanol–water partition coefficient (Wildman–Crippen LogP) is 5.74. The third kappa shape index (κ3) is 5.68. The van der Waals surface area contributed by atoms with E-state index in [2.05, 4.69) is 19.9 Å². The van der Waals surface area contributed by atoms with Crippen LogP contribution in [-0.4, -0.2) is 31.3 Å². The molecule has 0 amide bonds. The lowest BCUT2D eigenvalue weighted by Gasteiger charge is -2.29. The minimum Gasteiger partial charge on any atom is -0.487 e. The largest absolute Gasteiger partial charge is 0.487 e. The van der Waals surface area contributed by atoms with Gasteiger partial charge in [0.2, 0.25) is 0 Å². The van der Waals surface area contributed by atoms with Crippen LogP contribution in [0.5, 0.6) is 5.75 Å². The van der Waals surface area contributed by atoms with Gasteiger partial charge >= 0.3 is 0 Å². The molecule has 2 nitrogen and oxygen atoms in total. The molecule has 0 aromatic heterocycles. The SMILES string of the molecule is CCCC[P+]1(CCOc2c(C)cccc2N)CCCCCCC1. The Bertz CT molecular complexity index is 441. The first-order valence-corrected chi connectivity index (χ1v) is 12.0. The van der Waals surface area contributed by atoms with Crippen molar-refractivity contribution >= 4 is 12.9 Å². The molecule has 0 radical (unpaired) electrons. The molecular weight excluding hydrogens is 301 g/mol. The summed E-state index contributed by atoms with van der Waals surface area (Å²) >= 11 is 0. The van der Waals surface area contributed by atoms with Crippen LogP contribution < -0.4 is 10.5 Å². The summed E-state index contributed by atoms with van der Waals surface area (Å²) in [5.41, 5.74) is 8.02. The third-order valence-electron chi connectivity index (χ3n) is 5.31. The van der Waals surface area contributed by atoms with E-state index in [9.17, 15) is 0 Å². The number of para-hydroxylation sites is 1. The first-order valence-electron chi connectivity index (χ1n) is 9.50. The Morgan fingerprint density at radius 3 is 2.39 bits per heavy atom. The Kier molecular flexibility index (Phi) is 7.70. The van der Waals surface area contributed by atoms with Crippen molar-refractivity contribution in [3.05, 3.63) is 23.8 Å². The molecule has 130 valence electrons. The lowest BCUT2D eigenvalue weighted by molar-refractivity contribution is 0.341. The van der Waals surface area contributed by atoms with Crippen molar-refractivity contribution in [2.45, 2.75) is 58.8 Å². The Hall–Kier alpha value is -0.750. The van der Waals surface area contributed by atoms with Crippen molar-refractivity contribution in [3.8, 4) is 5.75 Å². The van der Waals surface area contributed by atoms with Crippen LogP contribution in [0.2, 0.25) is 0 Å². The smallest absolute Gasteiger partial charge is 0.145 e. The predicted molar refractivity (Wildman–Crippen MR) is 105 cm³/mol. The molecule has 0 spiro atoms. The van der Waals surface area contributed by atoms with Gasteiger partial charge in [-0.05, 0) is 50.7 Å². The van der Waals surface area contributed by atoms with Crippen LogP contribution in [0.4, 0.5) is 5.69 Å². The molecule has 1 heterocycles. The molecule has 2 rings (SSSR count). The molecule has 3 heteroatoms. The Labute approximate surface area is 143 Å². The molecule has 0 bridgehead atoms. The first-order chi connectivity index (χ1) is 11.2. The monoisotopic (exact) mass is 336 g/mol. The van der Waals surface area contributed by atoms with Crippen molar-refractivity contribution in [2.24, 2.45) is 0 Å². The number of hydrogen-bond donors (Lipinski definition) is 1. The van der Waals surface area contributed by atoms with Crippen molar-refractivity contribution in [1.82, 2.24) is 0 Å². The highest BCUT2D eigenvalue weighted by molar-refractivity contribution is 7.75. The molecular formula is C20H35NOP+. The summed E-state index contributed by atoms with van der Waals surface area (Å²) in [7, 11) is -0.811. The van der Waals surface area contributed by atoms with Crippen molar-refractivity contribution in [3.63, 3.8) is 0 Å². The van der Waals surface area contributed by atoms with Crippen molar-refractivity contribution in [1.29, 1.82) is 0 Å². The number of ether oxygens (including phenoxy) is 1. The van der Waals surface area contributed by atoms with E-state index in [0.717, 1.165) is 23.6 Å². The molecule has 1 aromatic carbocycles. The maximum atomic E-state index is 6.15. The number of nitrogen functional groups attached to an aromatic ring is 1. The Morgan fingerprint density at radius 1 is 1.04 bits per heavy atom. The van der Waals surface area contributed by atoms with Gasteiger partial charge in [-0.25, -0.2) is 0 Å². The summed E-state index contributed by atoms with van der Waals surface area (Å²) in [6, 6.07) is 6.03. The summed E-state index contributed by atoms with van der Waals surface area (Å²) in [5.74, 6) is 0.910. The summed E-state index contributed by atoms with van der Waals surface area (Å²) in [6.45, 7) is 5.26. The van der Waals surface area contributed by atoms with Crippen LogP contribution in [0.15, 0.2) is 18.2 Å². The van der Waals surface area contributed by atoms with Gasteiger partial charge in [0.05, 0.1) is 30.3 Å². The number of benzene rings is 1. The van der Waals surface area contributed by atoms with E-state index in [4.69, 9.17) is 10.5 Å². The average molecular weight is 336 g/mol. The van der Waals surface area contributed by atoms with Crippen LogP contribution >= 0.6 is 7.26 Å². The second kappa shape index (κ2) is 9.52. The fourth-order valence-electron chi connectivity index (χ4n) is 3.80. The van der Waals surface area contributed by atoms with E-state index in [1.54, 1.807) is 0 Å². The van der Waals surface area contributed by atoms with Crippen LogP contribution in [-0.2, 0) is 0 Å². The quantitative estimate of drug-likeness (QED) is 0.509. The van der Waals surface area contributed by atoms with Gasteiger partial charge in [0, 0.05) is 7.26 Å². The van der Waals surface area contributed by atoms with Gasteiger partial charge in [0.15, 0.2) is 0 Å². The van der Waals surface area contributed by atoms with Gasteiger partial charge in [0.25, 0.3) is 0 Å². The van der Waals surface area contributed by atoms with Gasteiger partial charge in [0.1, 0.15) is 12.4 Å². The summed E-state index contributed by atoms with van der Waals surface area (Å²) in [4.78, 5) is 0. The molecule has 0 unspecified atom stereocenters. The van der Waals surface area contributed by atoms with Gasteiger partial charge in [-0.1, -0.05) is 31.9 Å². The molecule has 1 saturated heterocycles. The lowest BCUT2D eigenvalue weighted by Crippen LogP contribution is -2.18. The molecule has 23 heavy (non-hydrogen) atoms. The minimum absolute atomic E-state index is 0.781. The van der Waals surface area contributed by atoms with Crippen LogP contribution in [0.3, 0.4) is 0 Å². The fourth-order valence-corrected chi connectivity index (χ4v) is 8.40. The molecule has 0 aliphatic carbocycles. The zero-order chi connectivity index (χ0) is 16.5. The van der Waals surface area contributed by atoms with E-state index in [-0.39, 0.29) is 0 Å². The zero-order valence-electron chi connectivity index (χ0n) is 15.2. The maximum Gasteiger partial charge on any atom is 0.145 e. The van der Waals surface area contributed by atoms with E-state index >= 15 is 0 Å². The third-order valence-corrected chi connectivity index (χ3v) is 10.2. The maximum absolute atomic E-state index is 6.15. The van der Waals surface area contributed by atoms with E-state index in [0.29, 0.717) is 0 Å². The molecule has 0 atom stereocenters. The topological polar surface area (TPSA) is 35.2 Å². The Morgan fingerprint density at radius 2 is 1.74 bits per heavy atom. The van der Waals surface area contributed by atoms with Crippen LogP contribution in [0, 0.1) is 6.92 Å². The molecule has 0 saturated carbocycles. The van der Waals surface area contributed by atoms with E-state index in [1.807, 2.05) is 12.1 Å². The zero-order valence-corrected chi connectivity index (χ0v) is 16.0. The molecule has 1 aliphatic rings. The van der Waals surface area contributed by atoms with E-state index in [1.165, 1.54) is 69.6 Å². The first kappa shape index (κ1) is 18.6. The second-order valence-electron chi connectivity index (χ2n) is 7.20. The molecule has 1 fully saturated rings. The summed E-state index contributed by atoms with van der Waals surface area (Å²) < 4.78 is 6.15. The highest BCUT2D eigenvalue weighted by atomic mass is 31.2. The highest BCUT2D eigenvalue weighted by Crippen LogP contribution is 2.61. The standard InChI is InChI=1S/C20H35NOP/c1-3-4-14-23(15-8-6-5-7-9-16-23)17-13-22-20-18(2)11-10-12-19(20)21/h10-12H,3-9,13-17,21H2,1-2H3/q+1. The Balaban J connectivity index is 1.96. The summed E-state index contributed by atoms with van der Waals surface area (Å²) in [6.07, 6.45) is 15.7. The molecule has 1 aliphatic heterocycles. The number of rotatable bonds is 7. The van der Waals surface area contributed by atoms with Crippen molar-refractivity contribution in [2.75, 3.05) is 37.0 Å². The van der Waals surface area contributed by atoms with Gasteiger partial charge < -0.3 is 10.5 Å². The number of nitrogens with two attached hydrogens (primary N) is 1. The minimum atomic E-state index is -0.811. The van der Waals surface area contributed by atoms with Crippen LogP contribution in [0.25, 0.3) is 0 Å². The second-order valence-corrected chi connectivity index (χ2v) is 11.7. The normalized spacial score (nSPS) is 18.2. The number of anilines is 1. The number of unbranched alkanes of at least 4 members (excludes halogenated alkanes) is 1. The van der Waals surface area contributed by atoms with Crippen LogP contribution in [0.1, 0.15) is 57.4 Å². The van der Waals surface area contributed by atoms with Gasteiger partial charge in [-0.2, -0.15) is 0 Å². The summed E-state index contributed by atoms with van der Waals surface area (Å²) in [5, 5.41) is 0. The fraction of sp³-hybridized carbons (Fsp3) is 0.700. The lowest BCUT2D eigenvalue weighted by atomic mass is 10.2.